The summed E-state index contributed by atoms with van der Waals surface area (Å²) in [5, 5.41) is 8.98. The molecule has 0 unspecified atom stereocenters. The van der Waals surface area contributed by atoms with Crippen LogP contribution in [0.3, 0.4) is 0 Å². The van der Waals surface area contributed by atoms with E-state index in [2.05, 4.69) is 10.4 Å². The molecular weight excluding hydrogens is 344 g/mol. The maximum absolute atomic E-state index is 13.0. The van der Waals surface area contributed by atoms with Crippen molar-refractivity contribution in [1.82, 2.24) is 20.0 Å². The van der Waals surface area contributed by atoms with Crippen LogP contribution in [0.4, 0.5) is 0 Å². The predicted molar refractivity (Wildman–Crippen MR) is 106 cm³/mol. The molecule has 3 aromatic rings. The molecule has 1 amide bonds. The molecule has 1 saturated heterocycles. The lowest BCUT2D eigenvalue weighted by Gasteiger charge is -2.31. The summed E-state index contributed by atoms with van der Waals surface area (Å²) < 4.78 is 1.95. The molecule has 0 radical (unpaired) electrons. The highest BCUT2D eigenvalue weighted by atomic mass is 32.1. The number of rotatable bonds is 4. The largest absolute Gasteiger partial charge is 0.338 e. The first kappa shape index (κ1) is 17.2. The van der Waals surface area contributed by atoms with Crippen LogP contribution in [0.2, 0.25) is 0 Å². The normalized spacial score (nSPS) is 15.7. The SMILES string of the molecule is CNCC1CCN(C(=O)c2cc3c(C)nn(-c4ccccc4)c3s2)CC1. The number of hydrogen-bond donors (Lipinski definition) is 1. The number of nitrogens with zero attached hydrogens (tertiary/aromatic N) is 3. The molecule has 2 aromatic heterocycles. The maximum atomic E-state index is 13.0. The maximum Gasteiger partial charge on any atom is 0.264 e. The van der Waals surface area contributed by atoms with Crippen LogP contribution >= 0.6 is 11.3 Å². The zero-order valence-corrected chi connectivity index (χ0v) is 16.1. The number of nitrogens with one attached hydrogen (secondary N) is 1. The van der Waals surface area contributed by atoms with Crippen LogP contribution in [-0.4, -0.2) is 47.3 Å². The fourth-order valence-electron chi connectivity index (χ4n) is 3.68. The zero-order chi connectivity index (χ0) is 18.1. The molecule has 0 saturated carbocycles. The average molecular weight is 369 g/mol. The second-order valence-corrected chi connectivity index (χ2v) is 7.99. The van der Waals surface area contributed by atoms with Gasteiger partial charge in [-0.2, -0.15) is 5.10 Å². The molecule has 4 rings (SSSR count). The van der Waals surface area contributed by atoms with Gasteiger partial charge in [0.2, 0.25) is 0 Å². The van der Waals surface area contributed by atoms with Crippen LogP contribution in [0, 0.1) is 12.8 Å². The van der Waals surface area contributed by atoms with Crippen LogP contribution in [0.25, 0.3) is 15.9 Å². The van der Waals surface area contributed by atoms with E-state index in [-0.39, 0.29) is 5.91 Å². The second-order valence-electron chi connectivity index (χ2n) is 6.96. The number of para-hydroxylation sites is 1. The average Bonchev–Trinajstić information content (AvgIpc) is 3.24. The van der Waals surface area contributed by atoms with E-state index >= 15 is 0 Å². The summed E-state index contributed by atoms with van der Waals surface area (Å²) in [6.45, 7) is 4.75. The summed E-state index contributed by atoms with van der Waals surface area (Å²) in [5.41, 5.74) is 1.99. The highest BCUT2D eigenvalue weighted by Crippen LogP contribution is 2.31. The van der Waals surface area contributed by atoms with Crippen molar-refractivity contribution in [3.8, 4) is 5.69 Å². The number of amides is 1. The summed E-state index contributed by atoms with van der Waals surface area (Å²) >= 11 is 1.55. The Hall–Kier alpha value is -2.18. The Morgan fingerprint density at radius 1 is 1.27 bits per heavy atom. The molecule has 1 aliphatic heterocycles. The summed E-state index contributed by atoms with van der Waals surface area (Å²) in [4.78, 5) is 16.8. The van der Waals surface area contributed by atoms with Crippen molar-refractivity contribution >= 4 is 27.5 Å². The number of thiophene rings is 1. The summed E-state index contributed by atoms with van der Waals surface area (Å²) in [6.07, 6.45) is 2.16. The lowest BCUT2D eigenvalue weighted by molar-refractivity contribution is 0.0696. The molecule has 3 heterocycles. The molecular formula is C20H24N4OS. The standard InChI is InChI=1S/C20H24N4OS/c1-14-17-12-18(19(25)23-10-8-15(9-11-23)13-21-2)26-20(17)24(22-14)16-6-4-3-5-7-16/h3-7,12,15,21H,8-11,13H2,1-2H3. The van der Waals surface area contributed by atoms with Crippen molar-refractivity contribution in [1.29, 1.82) is 0 Å². The van der Waals surface area contributed by atoms with Crippen LogP contribution in [0.15, 0.2) is 36.4 Å². The fourth-order valence-corrected chi connectivity index (χ4v) is 4.83. The van der Waals surface area contributed by atoms with E-state index in [0.717, 1.165) is 59.0 Å². The lowest BCUT2D eigenvalue weighted by atomic mass is 9.97. The van der Waals surface area contributed by atoms with Crippen LogP contribution in [-0.2, 0) is 0 Å². The molecule has 136 valence electrons. The van der Waals surface area contributed by atoms with E-state index in [4.69, 9.17) is 0 Å². The van der Waals surface area contributed by atoms with Gasteiger partial charge in [-0.15, -0.1) is 11.3 Å². The van der Waals surface area contributed by atoms with E-state index in [9.17, 15) is 4.79 Å². The fraction of sp³-hybridized carbons (Fsp3) is 0.400. The molecule has 1 aromatic carbocycles. The van der Waals surface area contributed by atoms with Gasteiger partial charge in [-0.1, -0.05) is 18.2 Å². The Balaban J connectivity index is 1.59. The number of carbonyl (C=O) groups is 1. The van der Waals surface area contributed by atoms with Crippen molar-refractivity contribution in [2.45, 2.75) is 19.8 Å². The van der Waals surface area contributed by atoms with Crippen LogP contribution < -0.4 is 5.32 Å². The van der Waals surface area contributed by atoms with Crippen molar-refractivity contribution < 1.29 is 4.79 Å². The van der Waals surface area contributed by atoms with E-state index in [1.54, 1.807) is 11.3 Å². The van der Waals surface area contributed by atoms with Gasteiger partial charge in [0.25, 0.3) is 5.91 Å². The van der Waals surface area contributed by atoms with Crippen molar-refractivity contribution in [3.63, 3.8) is 0 Å². The predicted octanol–water partition coefficient (Wildman–Crippen LogP) is 3.47. The highest BCUT2D eigenvalue weighted by Gasteiger charge is 2.25. The Bertz CT molecular complexity index is 907. The number of aryl methyl sites for hydroxylation is 1. The smallest absolute Gasteiger partial charge is 0.264 e. The number of aromatic nitrogens is 2. The summed E-state index contributed by atoms with van der Waals surface area (Å²) in [6, 6.07) is 12.1. The first-order valence-corrected chi connectivity index (χ1v) is 9.97. The van der Waals surface area contributed by atoms with Gasteiger partial charge in [0.15, 0.2) is 0 Å². The van der Waals surface area contributed by atoms with Gasteiger partial charge < -0.3 is 10.2 Å². The third kappa shape index (κ3) is 3.15. The topological polar surface area (TPSA) is 50.2 Å². The Morgan fingerprint density at radius 3 is 2.69 bits per heavy atom. The summed E-state index contributed by atoms with van der Waals surface area (Å²) in [7, 11) is 1.99. The molecule has 5 nitrogen and oxygen atoms in total. The molecule has 1 aliphatic rings. The first-order valence-electron chi connectivity index (χ1n) is 9.16. The van der Waals surface area contributed by atoms with Gasteiger partial charge in [-0.05, 0) is 57.5 Å². The number of fused-ring (bicyclic) bond motifs is 1. The van der Waals surface area contributed by atoms with Crippen molar-refractivity contribution in [2.75, 3.05) is 26.7 Å². The molecule has 0 aliphatic carbocycles. The van der Waals surface area contributed by atoms with Gasteiger partial charge in [-0.25, -0.2) is 4.68 Å². The molecule has 26 heavy (non-hydrogen) atoms. The number of likely N-dealkylation sites (tertiary alicyclic amines) is 1. The molecule has 0 spiro atoms. The number of benzene rings is 1. The summed E-state index contributed by atoms with van der Waals surface area (Å²) in [5.74, 6) is 0.841. The van der Waals surface area contributed by atoms with E-state index < -0.39 is 0 Å². The van der Waals surface area contributed by atoms with Crippen LogP contribution in [0.1, 0.15) is 28.2 Å². The molecule has 1 N–H and O–H groups in total. The number of hydrogen-bond acceptors (Lipinski definition) is 4. The zero-order valence-electron chi connectivity index (χ0n) is 15.2. The molecule has 6 heteroatoms. The number of piperidine rings is 1. The Morgan fingerprint density at radius 2 is 2.00 bits per heavy atom. The van der Waals surface area contributed by atoms with Crippen molar-refractivity contribution in [2.24, 2.45) is 5.92 Å². The van der Waals surface area contributed by atoms with Crippen LogP contribution in [0.5, 0.6) is 0 Å². The minimum atomic E-state index is 0.160. The number of carbonyl (C=O) groups excluding carboxylic acids is 1. The van der Waals surface area contributed by atoms with Gasteiger partial charge >= 0.3 is 0 Å². The lowest BCUT2D eigenvalue weighted by Crippen LogP contribution is -2.40. The van der Waals surface area contributed by atoms with Gasteiger partial charge in [-0.3, -0.25) is 4.79 Å². The molecule has 0 atom stereocenters. The van der Waals surface area contributed by atoms with Gasteiger partial charge in [0.1, 0.15) is 4.83 Å². The van der Waals surface area contributed by atoms with Crippen molar-refractivity contribution in [3.05, 3.63) is 47.0 Å². The quantitative estimate of drug-likeness (QED) is 0.767. The molecule has 0 bridgehead atoms. The molecule has 1 fully saturated rings. The van der Waals surface area contributed by atoms with E-state index in [0.29, 0.717) is 5.92 Å². The highest BCUT2D eigenvalue weighted by molar-refractivity contribution is 7.20. The first-order chi connectivity index (χ1) is 12.7. The van der Waals surface area contributed by atoms with Gasteiger partial charge in [0, 0.05) is 18.5 Å². The van der Waals surface area contributed by atoms with Gasteiger partial charge in [0.05, 0.1) is 16.3 Å². The monoisotopic (exact) mass is 368 g/mol. The third-order valence-corrected chi connectivity index (χ3v) is 6.25. The Kier molecular flexibility index (Phi) is 4.78. The Labute approximate surface area is 157 Å². The second kappa shape index (κ2) is 7.21. The minimum absolute atomic E-state index is 0.160. The minimum Gasteiger partial charge on any atom is -0.338 e. The third-order valence-electron chi connectivity index (χ3n) is 5.15. The van der Waals surface area contributed by atoms with E-state index in [1.165, 1.54) is 0 Å². The van der Waals surface area contributed by atoms with E-state index in [1.807, 2.05) is 60.0 Å².